The summed E-state index contributed by atoms with van der Waals surface area (Å²) in [6.07, 6.45) is 1.57. The molecule has 0 bridgehead atoms. The Labute approximate surface area is 109 Å². The molecular formula is C14H13NO4. The molecule has 1 aromatic carbocycles. The zero-order valence-electron chi connectivity index (χ0n) is 10.3. The molecule has 2 aliphatic rings. The Morgan fingerprint density at radius 1 is 1.53 bits per heavy atom. The number of nitrogens with one attached hydrogen (secondary N) is 1. The second-order valence-electron chi connectivity index (χ2n) is 4.75. The van der Waals surface area contributed by atoms with Crippen molar-refractivity contribution >= 4 is 11.9 Å². The normalized spacial score (nSPS) is 25.9. The number of esters is 1. The number of fused-ring (bicyclic) bond motifs is 3. The Hall–Kier alpha value is -2.30. The van der Waals surface area contributed by atoms with Gasteiger partial charge in [0.25, 0.3) is 5.91 Å². The molecule has 98 valence electrons. The van der Waals surface area contributed by atoms with E-state index in [1.54, 1.807) is 12.1 Å². The van der Waals surface area contributed by atoms with Gasteiger partial charge >= 0.3 is 5.97 Å². The topological polar surface area (TPSA) is 75.6 Å². The van der Waals surface area contributed by atoms with Crippen LogP contribution in [0.15, 0.2) is 30.0 Å². The summed E-state index contributed by atoms with van der Waals surface area (Å²) in [7, 11) is 1.34. The first-order chi connectivity index (χ1) is 9.15. The van der Waals surface area contributed by atoms with Crippen molar-refractivity contribution < 1.29 is 19.4 Å². The predicted octanol–water partition coefficient (Wildman–Crippen LogP) is 1.26. The molecule has 2 atom stereocenters. The minimum Gasteiger partial charge on any atom is -0.515 e. The van der Waals surface area contributed by atoms with E-state index in [2.05, 4.69) is 5.32 Å². The summed E-state index contributed by atoms with van der Waals surface area (Å²) < 4.78 is 4.69. The van der Waals surface area contributed by atoms with E-state index in [-0.39, 0.29) is 17.9 Å². The van der Waals surface area contributed by atoms with Crippen LogP contribution in [0.3, 0.4) is 0 Å². The van der Waals surface area contributed by atoms with Crippen molar-refractivity contribution in [3.8, 4) is 0 Å². The van der Waals surface area contributed by atoms with Gasteiger partial charge in [-0.05, 0) is 29.7 Å². The van der Waals surface area contributed by atoms with Crippen LogP contribution >= 0.6 is 0 Å². The van der Waals surface area contributed by atoms with Crippen molar-refractivity contribution in [2.24, 2.45) is 5.92 Å². The average Bonchev–Trinajstić information content (AvgIpc) is 2.91. The number of aliphatic hydroxyl groups excluding tert-OH is 1. The maximum absolute atomic E-state index is 11.7. The fraction of sp³-hybridized carbons (Fsp3) is 0.286. The number of amides is 1. The van der Waals surface area contributed by atoms with Crippen LogP contribution in [0.1, 0.15) is 27.5 Å². The molecule has 5 heteroatoms. The Morgan fingerprint density at radius 2 is 2.32 bits per heavy atom. The third-order valence-electron chi connectivity index (χ3n) is 3.83. The highest BCUT2D eigenvalue weighted by molar-refractivity contribution is 5.97. The Balaban J connectivity index is 2.02. The van der Waals surface area contributed by atoms with E-state index < -0.39 is 5.97 Å². The summed E-state index contributed by atoms with van der Waals surface area (Å²) in [4.78, 5) is 23.2. The van der Waals surface area contributed by atoms with Gasteiger partial charge in [-0.1, -0.05) is 6.07 Å². The molecular weight excluding hydrogens is 246 g/mol. The lowest BCUT2D eigenvalue weighted by Gasteiger charge is -2.10. The molecule has 1 heterocycles. The Kier molecular flexibility index (Phi) is 2.55. The van der Waals surface area contributed by atoms with Crippen LogP contribution in [0, 0.1) is 5.92 Å². The molecule has 0 saturated carbocycles. The molecule has 19 heavy (non-hydrogen) atoms. The highest BCUT2D eigenvalue weighted by atomic mass is 16.5. The Morgan fingerprint density at radius 3 is 3.00 bits per heavy atom. The molecule has 3 rings (SSSR count). The van der Waals surface area contributed by atoms with Crippen LogP contribution in [0.4, 0.5) is 0 Å². The summed E-state index contributed by atoms with van der Waals surface area (Å²) in [5.41, 5.74) is 2.89. The van der Waals surface area contributed by atoms with E-state index in [4.69, 9.17) is 9.84 Å². The number of ether oxygens (including phenoxy) is 1. The fourth-order valence-electron chi connectivity index (χ4n) is 2.90. The van der Waals surface area contributed by atoms with E-state index in [0.717, 1.165) is 17.4 Å². The standard InChI is InChI=1S/C14H13NO4/c1-19-14(18)8-3-2-7-4-10-11(6-16)13(17)15-12(10)9(7)5-8/h2-3,5-6,10,12,16H,4H2,1H3,(H,15,17). The number of hydrogen-bond donors (Lipinski definition) is 2. The molecule has 1 saturated heterocycles. The molecule has 1 aliphatic carbocycles. The quantitative estimate of drug-likeness (QED) is 0.452. The van der Waals surface area contributed by atoms with Crippen molar-refractivity contribution in [1.82, 2.24) is 5.32 Å². The maximum Gasteiger partial charge on any atom is 0.337 e. The molecule has 1 amide bonds. The third-order valence-corrected chi connectivity index (χ3v) is 3.83. The molecule has 1 aliphatic heterocycles. The van der Waals surface area contributed by atoms with Crippen LogP contribution in [-0.2, 0) is 16.0 Å². The summed E-state index contributed by atoms with van der Waals surface area (Å²) in [5.74, 6) is -0.694. The molecule has 5 nitrogen and oxygen atoms in total. The minimum atomic E-state index is -0.395. The number of rotatable bonds is 1. The van der Waals surface area contributed by atoms with E-state index >= 15 is 0 Å². The molecule has 1 fully saturated rings. The van der Waals surface area contributed by atoms with E-state index in [9.17, 15) is 9.59 Å². The second-order valence-corrected chi connectivity index (χ2v) is 4.75. The Bertz CT molecular complexity index is 605. The molecule has 2 N–H and O–H groups in total. The largest absolute Gasteiger partial charge is 0.515 e. The molecule has 1 aromatic rings. The number of methoxy groups -OCH3 is 1. The van der Waals surface area contributed by atoms with Crippen LogP contribution in [-0.4, -0.2) is 24.1 Å². The van der Waals surface area contributed by atoms with Crippen molar-refractivity contribution in [2.45, 2.75) is 12.5 Å². The van der Waals surface area contributed by atoms with Crippen molar-refractivity contribution in [2.75, 3.05) is 7.11 Å². The van der Waals surface area contributed by atoms with E-state index in [0.29, 0.717) is 17.6 Å². The maximum atomic E-state index is 11.7. The van der Waals surface area contributed by atoms with Gasteiger partial charge in [0, 0.05) is 5.92 Å². The van der Waals surface area contributed by atoms with Crippen LogP contribution in [0.2, 0.25) is 0 Å². The third kappa shape index (κ3) is 1.62. The molecule has 0 spiro atoms. The lowest BCUT2D eigenvalue weighted by molar-refractivity contribution is -0.116. The van der Waals surface area contributed by atoms with Gasteiger partial charge in [0.15, 0.2) is 0 Å². The molecule has 2 unspecified atom stereocenters. The van der Waals surface area contributed by atoms with E-state index in [1.807, 2.05) is 6.07 Å². The van der Waals surface area contributed by atoms with Crippen molar-refractivity contribution in [3.63, 3.8) is 0 Å². The zero-order chi connectivity index (χ0) is 13.6. The first-order valence-corrected chi connectivity index (χ1v) is 6.02. The van der Waals surface area contributed by atoms with Gasteiger partial charge in [0.1, 0.15) is 0 Å². The predicted molar refractivity (Wildman–Crippen MR) is 66.6 cm³/mol. The number of hydrogen-bond acceptors (Lipinski definition) is 4. The van der Waals surface area contributed by atoms with Crippen molar-refractivity contribution in [1.29, 1.82) is 0 Å². The van der Waals surface area contributed by atoms with Crippen molar-refractivity contribution in [3.05, 3.63) is 46.7 Å². The number of carbonyl (C=O) groups excluding carboxylic acids is 2. The van der Waals surface area contributed by atoms with Gasteiger partial charge in [-0.3, -0.25) is 4.79 Å². The zero-order valence-corrected chi connectivity index (χ0v) is 10.3. The molecule has 0 radical (unpaired) electrons. The van der Waals surface area contributed by atoms with Gasteiger partial charge < -0.3 is 15.2 Å². The lowest BCUT2D eigenvalue weighted by atomic mass is 9.97. The van der Waals surface area contributed by atoms with Gasteiger partial charge in [-0.25, -0.2) is 4.79 Å². The van der Waals surface area contributed by atoms with Gasteiger partial charge in [0.05, 0.1) is 30.6 Å². The lowest BCUT2D eigenvalue weighted by Crippen LogP contribution is -2.19. The number of aliphatic hydroxyl groups is 1. The van der Waals surface area contributed by atoms with E-state index in [1.165, 1.54) is 7.11 Å². The fourth-order valence-corrected chi connectivity index (χ4v) is 2.90. The average molecular weight is 259 g/mol. The minimum absolute atomic E-state index is 0.0552. The van der Waals surface area contributed by atoms with Crippen LogP contribution < -0.4 is 5.32 Å². The molecule has 0 aromatic heterocycles. The first-order valence-electron chi connectivity index (χ1n) is 6.02. The highest BCUT2D eigenvalue weighted by Crippen LogP contribution is 2.44. The summed E-state index contributed by atoms with van der Waals surface area (Å²) in [6, 6.07) is 5.19. The highest BCUT2D eigenvalue weighted by Gasteiger charge is 2.44. The first kappa shape index (κ1) is 11.8. The summed E-state index contributed by atoms with van der Waals surface area (Å²) in [5, 5.41) is 12.0. The monoisotopic (exact) mass is 259 g/mol. The number of carbonyl (C=O) groups is 2. The van der Waals surface area contributed by atoms with Gasteiger partial charge in [-0.2, -0.15) is 0 Å². The SMILES string of the molecule is COC(=O)c1ccc2c(c1)C1NC(=O)C(=CO)C1C2. The van der Waals surface area contributed by atoms with Gasteiger partial charge in [-0.15, -0.1) is 0 Å². The smallest absolute Gasteiger partial charge is 0.337 e. The number of benzene rings is 1. The van der Waals surface area contributed by atoms with Crippen LogP contribution in [0.5, 0.6) is 0 Å². The van der Waals surface area contributed by atoms with Crippen LogP contribution in [0.25, 0.3) is 0 Å². The second kappa shape index (κ2) is 4.12. The van der Waals surface area contributed by atoms with Gasteiger partial charge in [0.2, 0.25) is 0 Å². The summed E-state index contributed by atoms with van der Waals surface area (Å²) in [6.45, 7) is 0. The summed E-state index contributed by atoms with van der Waals surface area (Å²) >= 11 is 0.